The SMILES string of the molecule is COc1ccc(-n2c(CN(C)CCO)nc3ccccc32)cc1. The highest BCUT2D eigenvalue weighted by molar-refractivity contribution is 5.78. The first-order valence-corrected chi connectivity index (χ1v) is 7.63. The molecule has 0 spiro atoms. The molecular formula is C18H21N3O2. The molecule has 23 heavy (non-hydrogen) atoms. The highest BCUT2D eigenvalue weighted by atomic mass is 16.5. The van der Waals surface area contributed by atoms with Crippen molar-refractivity contribution in [1.82, 2.24) is 14.5 Å². The van der Waals surface area contributed by atoms with E-state index in [9.17, 15) is 0 Å². The fourth-order valence-corrected chi connectivity index (χ4v) is 2.69. The van der Waals surface area contributed by atoms with E-state index in [1.807, 2.05) is 49.5 Å². The summed E-state index contributed by atoms with van der Waals surface area (Å²) in [6.45, 7) is 1.42. The minimum absolute atomic E-state index is 0.138. The minimum Gasteiger partial charge on any atom is -0.497 e. The summed E-state index contributed by atoms with van der Waals surface area (Å²) in [5.74, 6) is 1.78. The molecule has 0 saturated carbocycles. The van der Waals surface area contributed by atoms with Crippen molar-refractivity contribution in [3.8, 4) is 11.4 Å². The van der Waals surface area contributed by atoms with Crippen molar-refractivity contribution in [3.05, 3.63) is 54.4 Å². The van der Waals surface area contributed by atoms with Crippen LogP contribution in [0.5, 0.6) is 5.75 Å². The number of hydrogen-bond donors (Lipinski definition) is 1. The molecule has 5 nitrogen and oxygen atoms in total. The smallest absolute Gasteiger partial charge is 0.128 e. The van der Waals surface area contributed by atoms with Gasteiger partial charge in [0.05, 0.1) is 31.3 Å². The summed E-state index contributed by atoms with van der Waals surface area (Å²) in [6.07, 6.45) is 0. The van der Waals surface area contributed by atoms with E-state index in [2.05, 4.69) is 15.5 Å². The summed E-state index contributed by atoms with van der Waals surface area (Å²) >= 11 is 0. The molecule has 5 heteroatoms. The van der Waals surface area contributed by atoms with Gasteiger partial charge in [-0.3, -0.25) is 9.47 Å². The monoisotopic (exact) mass is 311 g/mol. The van der Waals surface area contributed by atoms with Gasteiger partial charge in [-0.1, -0.05) is 12.1 Å². The van der Waals surface area contributed by atoms with Gasteiger partial charge in [0.1, 0.15) is 11.6 Å². The van der Waals surface area contributed by atoms with Crippen LogP contribution in [-0.2, 0) is 6.54 Å². The standard InChI is InChI=1S/C18H21N3O2/c1-20(11-12-22)13-18-19-16-5-3-4-6-17(16)21(18)14-7-9-15(23-2)10-8-14/h3-10,22H,11-13H2,1-2H3. The van der Waals surface area contributed by atoms with Crippen molar-refractivity contribution in [1.29, 1.82) is 0 Å². The molecule has 2 aromatic carbocycles. The lowest BCUT2D eigenvalue weighted by Gasteiger charge is -2.16. The Morgan fingerprint density at radius 2 is 1.87 bits per heavy atom. The fraction of sp³-hybridized carbons (Fsp3) is 0.278. The van der Waals surface area contributed by atoms with Crippen molar-refractivity contribution < 1.29 is 9.84 Å². The van der Waals surface area contributed by atoms with E-state index in [-0.39, 0.29) is 6.61 Å². The lowest BCUT2D eigenvalue weighted by molar-refractivity contribution is 0.214. The number of likely N-dealkylation sites (N-methyl/N-ethyl adjacent to an activating group) is 1. The molecule has 0 amide bonds. The van der Waals surface area contributed by atoms with Gasteiger partial charge in [0.25, 0.3) is 0 Å². The molecule has 0 atom stereocenters. The van der Waals surface area contributed by atoms with Crippen molar-refractivity contribution in [3.63, 3.8) is 0 Å². The van der Waals surface area contributed by atoms with Crippen LogP contribution in [0.1, 0.15) is 5.82 Å². The van der Waals surface area contributed by atoms with Crippen LogP contribution >= 0.6 is 0 Å². The largest absolute Gasteiger partial charge is 0.497 e. The third-order valence-corrected chi connectivity index (χ3v) is 3.85. The van der Waals surface area contributed by atoms with Crippen LogP contribution in [0.15, 0.2) is 48.5 Å². The Labute approximate surface area is 135 Å². The van der Waals surface area contributed by atoms with Crippen LogP contribution in [0.2, 0.25) is 0 Å². The number of para-hydroxylation sites is 2. The van der Waals surface area contributed by atoms with Gasteiger partial charge in [-0.05, 0) is 43.4 Å². The zero-order chi connectivity index (χ0) is 16.2. The number of aliphatic hydroxyl groups excluding tert-OH is 1. The number of aliphatic hydroxyl groups is 1. The molecule has 3 rings (SSSR count). The maximum absolute atomic E-state index is 9.12. The average molecular weight is 311 g/mol. The Hall–Kier alpha value is -2.37. The maximum Gasteiger partial charge on any atom is 0.128 e. The third-order valence-electron chi connectivity index (χ3n) is 3.85. The van der Waals surface area contributed by atoms with Crippen LogP contribution in [0.4, 0.5) is 0 Å². The van der Waals surface area contributed by atoms with E-state index in [1.165, 1.54) is 0 Å². The van der Waals surface area contributed by atoms with E-state index in [4.69, 9.17) is 14.8 Å². The molecule has 0 saturated heterocycles. The normalized spacial score (nSPS) is 11.3. The number of hydrogen-bond acceptors (Lipinski definition) is 4. The van der Waals surface area contributed by atoms with Gasteiger partial charge < -0.3 is 9.84 Å². The molecule has 1 aromatic heterocycles. The zero-order valence-electron chi connectivity index (χ0n) is 13.4. The molecule has 120 valence electrons. The van der Waals surface area contributed by atoms with E-state index >= 15 is 0 Å². The summed E-state index contributed by atoms with van der Waals surface area (Å²) < 4.78 is 7.40. The summed E-state index contributed by atoms with van der Waals surface area (Å²) in [4.78, 5) is 6.82. The second-order valence-corrected chi connectivity index (χ2v) is 5.51. The predicted octanol–water partition coefficient (Wildman–Crippen LogP) is 2.46. The summed E-state index contributed by atoms with van der Waals surface area (Å²) in [6, 6.07) is 16.1. The third kappa shape index (κ3) is 3.21. The Morgan fingerprint density at radius 3 is 2.57 bits per heavy atom. The van der Waals surface area contributed by atoms with Crippen molar-refractivity contribution in [2.45, 2.75) is 6.54 Å². The highest BCUT2D eigenvalue weighted by Gasteiger charge is 2.13. The van der Waals surface area contributed by atoms with Crippen molar-refractivity contribution in [2.24, 2.45) is 0 Å². The van der Waals surface area contributed by atoms with E-state index < -0.39 is 0 Å². The zero-order valence-corrected chi connectivity index (χ0v) is 13.4. The lowest BCUT2D eigenvalue weighted by Crippen LogP contribution is -2.23. The van der Waals surface area contributed by atoms with E-state index in [0.29, 0.717) is 13.1 Å². The second-order valence-electron chi connectivity index (χ2n) is 5.51. The van der Waals surface area contributed by atoms with E-state index in [1.54, 1.807) is 7.11 Å². The van der Waals surface area contributed by atoms with Gasteiger partial charge in [-0.15, -0.1) is 0 Å². The van der Waals surface area contributed by atoms with Gasteiger partial charge in [0, 0.05) is 12.2 Å². The number of ether oxygens (including phenoxy) is 1. The predicted molar refractivity (Wildman–Crippen MR) is 91.0 cm³/mol. The summed E-state index contributed by atoms with van der Waals surface area (Å²) in [5, 5.41) is 9.12. The maximum atomic E-state index is 9.12. The highest BCUT2D eigenvalue weighted by Crippen LogP contribution is 2.24. The molecule has 3 aromatic rings. The molecule has 0 aliphatic carbocycles. The number of rotatable bonds is 6. The average Bonchev–Trinajstić information content (AvgIpc) is 2.93. The van der Waals surface area contributed by atoms with Gasteiger partial charge in [-0.2, -0.15) is 0 Å². The van der Waals surface area contributed by atoms with E-state index in [0.717, 1.165) is 28.3 Å². The van der Waals surface area contributed by atoms with Gasteiger partial charge >= 0.3 is 0 Å². The Morgan fingerprint density at radius 1 is 1.13 bits per heavy atom. The Kier molecular flexibility index (Phi) is 4.60. The number of nitrogens with zero attached hydrogens (tertiary/aromatic N) is 3. The molecule has 1 N–H and O–H groups in total. The summed E-state index contributed by atoms with van der Waals surface area (Å²) in [7, 11) is 3.64. The van der Waals surface area contributed by atoms with Crippen molar-refractivity contribution >= 4 is 11.0 Å². The molecule has 0 aliphatic heterocycles. The summed E-state index contributed by atoms with van der Waals surface area (Å²) in [5.41, 5.74) is 3.09. The first kappa shape index (κ1) is 15.5. The molecule has 1 heterocycles. The molecular weight excluding hydrogens is 290 g/mol. The van der Waals surface area contributed by atoms with Crippen LogP contribution in [0, 0.1) is 0 Å². The fourth-order valence-electron chi connectivity index (χ4n) is 2.69. The molecule has 0 radical (unpaired) electrons. The number of aromatic nitrogens is 2. The quantitative estimate of drug-likeness (QED) is 0.760. The Balaban J connectivity index is 2.07. The minimum atomic E-state index is 0.138. The number of methoxy groups -OCH3 is 1. The number of fused-ring (bicyclic) bond motifs is 1. The first-order chi connectivity index (χ1) is 11.2. The molecule has 0 fully saturated rings. The second kappa shape index (κ2) is 6.81. The topological polar surface area (TPSA) is 50.5 Å². The van der Waals surface area contributed by atoms with Crippen LogP contribution in [0.3, 0.4) is 0 Å². The van der Waals surface area contributed by atoms with Crippen LogP contribution < -0.4 is 4.74 Å². The number of benzene rings is 2. The Bertz CT molecular complexity index is 781. The molecule has 0 unspecified atom stereocenters. The van der Waals surface area contributed by atoms with Crippen LogP contribution in [0.25, 0.3) is 16.7 Å². The van der Waals surface area contributed by atoms with Crippen LogP contribution in [-0.4, -0.2) is 46.9 Å². The van der Waals surface area contributed by atoms with Gasteiger partial charge in [-0.25, -0.2) is 4.98 Å². The lowest BCUT2D eigenvalue weighted by atomic mass is 10.2. The van der Waals surface area contributed by atoms with Crippen molar-refractivity contribution in [2.75, 3.05) is 27.3 Å². The first-order valence-electron chi connectivity index (χ1n) is 7.63. The van der Waals surface area contributed by atoms with Gasteiger partial charge in [0.2, 0.25) is 0 Å². The molecule has 0 aliphatic rings. The van der Waals surface area contributed by atoms with Gasteiger partial charge in [0.15, 0.2) is 0 Å². The number of imidazole rings is 1. The molecule has 0 bridgehead atoms.